The van der Waals surface area contributed by atoms with Crippen LogP contribution in [-0.2, 0) is 6.54 Å². The maximum absolute atomic E-state index is 14.2. The monoisotopic (exact) mass is 293 g/mol. The van der Waals surface area contributed by atoms with Crippen molar-refractivity contribution in [2.24, 2.45) is 0 Å². The van der Waals surface area contributed by atoms with Crippen molar-refractivity contribution in [3.05, 3.63) is 29.6 Å². The van der Waals surface area contributed by atoms with Gasteiger partial charge in [0.05, 0.1) is 0 Å². The van der Waals surface area contributed by atoms with Crippen LogP contribution in [0.5, 0.6) is 0 Å². The van der Waals surface area contributed by atoms with Crippen LogP contribution >= 0.6 is 0 Å². The summed E-state index contributed by atoms with van der Waals surface area (Å²) in [5.41, 5.74) is 1.86. The van der Waals surface area contributed by atoms with E-state index in [1.807, 2.05) is 6.07 Å². The lowest BCUT2D eigenvalue weighted by Gasteiger charge is -2.37. The fraction of sp³-hybridized carbons (Fsp3) is 0.647. The summed E-state index contributed by atoms with van der Waals surface area (Å²) >= 11 is 0. The van der Waals surface area contributed by atoms with E-state index in [0.29, 0.717) is 18.6 Å². The topological polar surface area (TPSA) is 18.5 Å². The standard InChI is InChI=1S/C17H28FN3/c1-13(2)19-12-15-16(18)6-5-7-17(15)21-10-8-14(9-11-21)20(3)4/h5-7,13-14,19H,8-12H2,1-4H3. The molecule has 2 rings (SSSR count). The van der Waals surface area contributed by atoms with Gasteiger partial charge in [-0.3, -0.25) is 0 Å². The van der Waals surface area contributed by atoms with Crippen molar-refractivity contribution in [1.29, 1.82) is 0 Å². The molecule has 0 saturated carbocycles. The molecule has 1 saturated heterocycles. The van der Waals surface area contributed by atoms with E-state index in [1.54, 1.807) is 6.07 Å². The van der Waals surface area contributed by atoms with E-state index in [9.17, 15) is 4.39 Å². The van der Waals surface area contributed by atoms with Crippen LogP contribution in [0.4, 0.5) is 10.1 Å². The second kappa shape index (κ2) is 7.23. The molecule has 0 aromatic heterocycles. The molecule has 4 heteroatoms. The van der Waals surface area contributed by atoms with E-state index in [0.717, 1.165) is 37.2 Å². The number of nitrogens with one attached hydrogen (secondary N) is 1. The summed E-state index contributed by atoms with van der Waals surface area (Å²) in [7, 11) is 4.28. The lowest BCUT2D eigenvalue weighted by atomic mass is 10.0. The molecule has 1 aromatic carbocycles. The van der Waals surface area contributed by atoms with Gasteiger partial charge in [0, 0.05) is 43.0 Å². The highest BCUT2D eigenvalue weighted by molar-refractivity contribution is 5.54. The van der Waals surface area contributed by atoms with Gasteiger partial charge in [-0.2, -0.15) is 0 Å². The van der Waals surface area contributed by atoms with E-state index in [2.05, 4.69) is 49.1 Å². The summed E-state index contributed by atoms with van der Waals surface area (Å²) in [5.74, 6) is -0.101. The van der Waals surface area contributed by atoms with Gasteiger partial charge in [0.2, 0.25) is 0 Å². The Hall–Kier alpha value is -1.13. The molecule has 1 aliphatic rings. The van der Waals surface area contributed by atoms with Crippen LogP contribution in [0.3, 0.4) is 0 Å². The molecule has 1 N–H and O–H groups in total. The molecule has 0 spiro atoms. The van der Waals surface area contributed by atoms with Gasteiger partial charge in [-0.25, -0.2) is 4.39 Å². The third-order valence-corrected chi connectivity index (χ3v) is 4.32. The minimum Gasteiger partial charge on any atom is -0.371 e. The van der Waals surface area contributed by atoms with Crippen LogP contribution in [0.15, 0.2) is 18.2 Å². The molecule has 118 valence electrons. The third-order valence-electron chi connectivity index (χ3n) is 4.32. The molecule has 0 amide bonds. The number of rotatable bonds is 5. The Bertz CT molecular complexity index is 451. The van der Waals surface area contributed by atoms with E-state index >= 15 is 0 Å². The maximum Gasteiger partial charge on any atom is 0.129 e. The van der Waals surface area contributed by atoms with Crippen LogP contribution in [0, 0.1) is 5.82 Å². The Morgan fingerprint density at radius 2 is 1.95 bits per heavy atom. The largest absolute Gasteiger partial charge is 0.371 e. The zero-order valence-corrected chi connectivity index (χ0v) is 13.7. The number of piperidine rings is 1. The van der Waals surface area contributed by atoms with Gasteiger partial charge in [0.15, 0.2) is 0 Å². The Morgan fingerprint density at radius 3 is 2.52 bits per heavy atom. The van der Waals surface area contributed by atoms with Crippen molar-refractivity contribution >= 4 is 5.69 Å². The summed E-state index contributed by atoms with van der Waals surface area (Å²) in [6.45, 7) is 6.77. The number of benzene rings is 1. The molecule has 1 fully saturated rings. The normalized spacial score (nSPS) is 17.0. The molecule has 1 aromatic rings. The van der Waals surface area contributed by atoms with Gasteiger partial charge in [0.25, 0.3) is 0 Å². The predicted octanol–water partition coefficient (Wildman–Crippen LogP) is 2.85. The molecule has 1 heterocycles. The van der Waals surface area contributed by atoms with Crippen LogP contribution in [0.2, 0.25) is 0 Å². The number of halogens is 1. The van der Waals surface area contributed by atoms with Crippen LogP contribution in [0.25, 0.3) is 0 Å². The first-order chi connectivity index (χ1) is 9.99. The summed E-state index contributed by atoms with van der Waals surface area (Å²) in [5, 5.41) is 3.33. The van der Waals surface area contributed by atoms with Gasteiger partial charge in [-0.15, -0.1) is 0 Å². The highest BCUT2D eigenvalue weighted by atomic mass is 19.1. The quantitative estimate of drug-likeness (QED) is 0.900. The van der Waals surface area contributed by atoms with E-state index in [-0.39, 0.29) is 5.82 Å². The lowest BCUT2D eigenvalue weighted by molar-refractivity contribution is 0.249. The zero-order valence-electron chi connectivity index (χ0n) is 13.7. The Labute approximate surface area is 128 Å². The van der Waals surface area contributed by atoms with Crippen molar-refractivity contribution in [3.63, 3.8) is 0 Å². The Balaban J connectivity index is 2.11. The molecule has 21 heavy (non-hydrogen) atoms. The molecule has 0 aliphatic carbocycles. The minimum absolute atomic E-state index is 0.101. The van der Waals surface area contributed by atoms with Gasteiger partial charge in [-0.05, 0) is 39.1 Å². The predicted molar refractivity (Wildman–Crippen MR) is 87.3 cm³/mol. The van der Waals surface area contributed by atoms with Gasteiger partial charge < -0.3 is 15.1 Å². The van der Waals surface area contributed by atoms with E-state index in [4.69, 9.17) is 0 Å². The van der Waals surface area contributed by atoms with Crippen LogP contribution < -0.4 is 10.2 Å². The lowest BCUT2D eigenvalue weighted by Crippen LogP contribution is -2.42. The van der Waals surface area contributed by atoms with Crippen LogP contribution in [-0.4, -0.2) is 44.2 Å². The summed E-state index contributed by atoms with van der Waals surface area (Å²) < 4.78 is 14.2. The smallest absolute Gasteiger partial charge is 0.129 e. The van der Waals surface area contributed by atoms with Crippen molar-refractivity contribution in [1.82, 2.24) is 10.2 Å². The maximum atomic E-state index is 14.2. The molecule has 1 aliphatic heterocycles. The van der Waals surface area contributed by atoms with E-state index in [1.165, 1.54) is 0 Å². The summed E-state index contributed by atoms with van der Waals surface area (Å²) in [6.07, 6.45) is 2.28. The molecular formula is C17H28FN3. The molecule has 0 unspecified atom stereocenters. The zero-order chi connectivity index (χ0) is 15.4. The number of hydrogen-bond donors (Lipinski definition) is 1. The highest BCUT2D eigenvalue weighted by Gasteiger charge is 2.23. The average molecular weight is 293 g/mol. The molecule has 3 nitrogen and oxygen atoms in total. The second-order valence-electron chi connectivity index (χ2n) is 6.45. The van der Waals surface area contributed by atoms with Crippen LogP contribution in [0.1, 0.15) is 32.3 Å². The summed E-state index contributed by atoms with van der Waals surface area (Å²) in [4.78, 5) is 4.63. The minimum atomic E-state index is -0.101. The fourth-order valence-corrected chi connectivity index (χ4v) is 2.95. The van der Waals surface area contributed by atoms with Gasteiger partial charge in [0.1, 0.15) is 5.82 Å². The summed E-state index contributed by atoms with van der Waals surface area (Å²) in [6, 6.07) is 6.44. The molecule has 0 radical (unpaired) electrons. The number of hydrogen-bond acceptors (Lipinski definition) is 3. The SMILES string of the molecule is CC(C)NCc1c(F)cccc1N1CCC(N(C)C)CC1. The second-order valence-corrected chi connectivity index (χ2v) is 6.45. The third kappa shape index (κ3) is 4.17. The first-order valence-electron chi connectivity index (χ1n) is 7.91. The first kappa shape index (κ1) is 16.2. The Morgan fingerprint density at radius 1 is 1.29 bits per heavy atom. The fourth-order valence-electron chi connectivity index (χ4n) is 2.95. The average Bonchev–Trinajstić information content (AvgIpc) is 2.45. The molecule has 0 atom stereocenters. The highest BCUT2D eigenvalue weighted by Crippen LogP contribution is 2.27. The van der Waals surface area contributed by atoms with Crippen molar-refractivity contribution in [3.8, 4) is 0 Å². The molecular weight excluding hydrogens is 265 g/mol. The number of nitrogens with zero attached hydrogens (tertiary/aromatic N) is 2. The van der Waals surface area contributed by atoms with Gasteiger partial charge in [-0.1, -0.05) is 19.9 Å². The van der Waals surface area contributed by atoms with Crippen molar-refractivity contribution in [2.45, 2.75) is 45.3 Å². The first-order valence-corrected chi connectivity index (χ1v) is 7.91. The van der Waals surface area contributed by atoms with Crippen molar-refractivity contribution in [2.75, 3.05) is 32.1 Å². The Kier molecular flexibility index (Phi) is 5.59. The number of anilines is 1. The van der Waals surface area contributed by atoms with E-state index < -0.39 is 0 Å². The van der Waals surface area contributed by atoms with Gasteiger partial charge >= 0.3 is 0 Å². The van der Waals surface area contributed by atoms with Crippen molar-refractivity contribution < 1.29 is 4.39 Å². The molecule has 0 bridgehead atoms.